The molecule has 0 aliphatic rings. The van der Waals surface area contributed by atoms with Crippen molar-refractivity contribution in [1.82, 2.24) is 4.90 Å². The Morgan fingerprint density at radius 1 is 0.722 bits per heavy atom. The van der Waals surface area contributed by atoms with Gasteiger partial charge >= 0.3 is 0 Å². The quantitative estimate of drug-likeness (QED) is 0.773. The molecular formula is C17H21N. The Morgan fingerprint density at radius 3 is 1.44 bits per heavy atom. The first-order chi connectivity index (χ1) is 8.75. The summed E-state index contributed by atoms with van der Waals surface area (Å²) in [5, 5.41) is 0. The summed E-state index contributed by atoms with van der Waals surface area (Å²) >= 11 is 0. The summed E-state index contributed by atoms with van der Waals surface area (Å²) in [6.45, 7) is 0. The molecule has 0 radical (unpaired) electrons. The third kappa shape index (κ3) is 3.71. The van der Waals surface area contributed by atoms with Crippen LogP contribution in [-0.4, -0.2) is 25.0 Å². The lowest BCUT2D eigenvalue weighted by molar-refractivity contribution is 0.289. The van der Waals surface area contributed by atoms with E-state index in [1.165, 1.54) is 11.1 Å². The lowest BCUT2D eigenvalue weighted by Crippen LogP contribution is -2.32. The lowest BCUT2D eigenvalue weighted by atomic mass is 9.98. The van der Waals surface area contributed by atoms with E-state index >= 15 is 0 Å². The van der Waals surface area contributed by atoms with E-state index in [9.17, 15) is 0 Å². The van der Waals surface area contributed by atoms with E-state index in [2.05, 4.69) is 79.7 Å². The second-order valence-corrected chi connectivity index (χ2v) is 5.00. The first kappa shape index (κ1) is 12.8. The van der Waals surface area contributed by atoms with Gasteiger partial charge in [-0.3, -0.25) is 0 Å². The van der Waals surface area contributed by atoms with Gasteiger partial charge in [-0.1, -0.05) is 60.7 Å². The van der Waals surface area contributed by atoms with Gasteiger partial charge in [-0.15, -0.1) is 0 Å². The predicted octanol–water partition coefficient (Wildman–Crippen LogP) is 3.40. The zero-order valence-electron chi connectivity index (χ0n) is 11.2. The minimum Gasteiger partial charge on any atom is -0.306 e. The number of hydrogen-bond donors (Lipinski definition) is 0. The Balaban J connectivity index is 2.05. The topological polar surface area (TPSA) is 3.24 Å². The average Bonchev–Trinajstić information content (AvgIpc) is 2.40. The molecule has 0 spiro atoms. The Bertz CT molecular complexity index is 406. The molecule has 0 aliphatic heterocycles. The second kappa shape index (κ2) is 6.36. The van der Waals surface area contributed by atoms with Gasteiger partial charge in [-0.05, 0) is 38.1 Å². The molecule has 94 valence electrons. The highest BCUT2D eigenvalue weighted by Crippen LogP contribution is 2.12. The van der Waals surface area contributed by atoms with Crippen molar-refractivity contribution in [3.05, 3.63) is 71.8 Å². The van der Waals surface area contributed by atoms with Crippen molar-refractivity contribution in [3.63, 3.8) is 0 Å². The molecule has 0 bridgehead atoms. The average molecular weight is 239 g/mol. The number of hydrogen-bond acceptors (Lipinski definition) is 1. The largest absolute Gasteiger partial charge is 0.306 e. The predicted molar refractivity (Wildman–Crippen MR) is 77.8 cm³/mol. The number of likely N-dealkylation sites (N-methyl/N-ethyl adjacent to an activating group) is 1. The van der Waals surface area contributed by atoms with Crippen LogP contribution in [0.25, 0.3) is 0 Å². The van der Waals surface area contributed by atoms with Gasteiger partial charge in [0.2, 0.25) is 0 Å². The van der Waals surface area contributed by atoms with Crippen molar-refractivity contribution < 1.29 is 0 Å². The maximum Gasteiger partial charge on any atom is 0.0170 e. The zero-order chi connectivity index (χ0) is 12.8. The van der Waals surface area contributed by atoms with E-state index in [4.69, 9.17) is 0 Å². The van der Waals surface area contributed by atoms with E-state index in [0.717, 1.165) is 12.8 Å². The molecule has 0 amide bonds. The van der Waals surface area contributed by atoms with Crippen LogP contribution in [-0.2, 0) is 12.8 Å². The Kier molecular flexibility index (Phi) is 4.54. The van der Waals surface area contributed by atoms with Crippen molar-refractivity contribution in [2.75, 3.05) is 14.1 Å². The molecule has 0 heterocycles. The minimum absolute atomic E-state index is 0.551. The molecule has 2 aromatic rings. The van der Waals surface area contributed by atoms with Gasteiger partial charge in [-0.25, -0.2) is 0 Å². The van der Waals surface area contributed by atoms with Crippen LogP contribution in [0, 0.1) is 0 Å². The maximum absolute atomic E-state index is 2.32. The molecule has 18 heavy (non-hydrogen) atoms. The monoisotopic (exact) mass is 239 g/mol. The van der Waals surface area contributed by atoms with E-state index < -0.39 is 0 Å². The Labute approximate surface area is 110 Å². The molecule has 0 saturated carbocycles. The molecule has 0 unspecified atom stereocenters. The Hall–Kier alpha value is -1.60. The molecule has 2 rings (SSSR count). The number of nitrogens with zero attached hydrogens (tertiary/aromatic N) is 1. The van der Waals surface area contributed by atoms with Crippen LogP contribution in [0.3, 0.4) is 0 Å². The van der Waals surface area contributed by atoms with Gasteiger partial charge in [0.25, 0.3) is 0 Å². The molecule has 2 aromatic carbocycles. The first-order valence-corrected chi connectivity index (χ1v) is 6.50. The highest BCUT2D eigenvalue weighted by molar-refractivity contribution is 5.19. The molecule has 0 aliphatic carbocycles. The maximum atomic E-state index is 2.32. The van der Waals surface area contributed by atoms with E-state index in [1.807, 2.05) is 0 Å². The second-order valence-electron chi connectivity index (χ2n) is 5.00. The van der Waals surface area contributed by atoms with Crippen LogP contribution in [0.5, 0.6) is 0 Å². The van der Waals surface area contributed by atoms with Gasteiger partial charge in [0.05, 0.1) is 0 Å². The van der Waals surface area contributed by atoms with Crippen LogP contribution in [0.4, 0.5) is 0 Å². The fourth-order valence-electron chi connectivity index (χ4n) is 2.21. The van der Waals surface area contributed by atoms with Gasteiger partial charge in [0.1, 0.15) is 0 Å². The fourth-order valence-corrected chi connectivity index (χ4v) is 2.21. The van der Waals surface area contributed by atoms with Crippen molar-refractivity contribution in [3.8, 4) is 0 Å². The van der Waals surface area contributed by atoms with Gasteiger partial charge in [-0.2, -0.15) is 0 Å². The van der Waals surface area contributed by atoms with Gasteiger partial charge in [0.15, 0.2) is 0 Å². The normalized spacial score (nSPS) is 11.1. The zero-order valence-corrected chi connectivity index (χ0v) is 11.2. The highest BCUT2D eigenvalue weighted by atomic mass is 15.1. The molecule has 0 fully saturated rings. The van der Waals surface area contributed by atoms with E-state index in [1.54, 1.807) is 0 Å². The molecule has 1 nitrogen and oxygen atoms in total. The molecule has 0 atom stereocenters. The van der Waals surface area contributed by atoms with Crippen LogP contribution < -0.4 is 0 Å². The summed E-state index contributed by atoms with van der Waals surface area (Å²) in [6, 6.07) is 22.0. The van der Waals surface area contributed by atoms with Crippen molar-refractivity contribution in [2.24, 2.45) is 0 Å². The minimum atomic E-state index is 0.551. The Morgan fingerprint density at radius 2 is 1.11 bits per heavy atom. The molecule has 0 aromatic heterocycles. The summed E-state index contributed by atoms with van der Waals surface area (Å²) in [5.74, 6) is 0. The van der Waals surface area contributed by atoms with E-state index in [-0.39, 0.29) is 0 Å². The highest BCUT2D eigenvalue weighted by Gasteiger charge is 2.12. The van der Waals surface area contributed by atoms with Crippen molar-refractivity contribution in [2.45, 2.75) is 18.9 Å². The number of rotatable bonds is 5. The number of benzene rings is 2. The fraction of sp³-hybridized carbons (Fsp3) is 0.294. The lowest BCUT2D eigenvalue weighted by Gasteiger charge is -2.24. The van der Waals surface area contributed by atoms with Crippen LogP contribution >= 0.6 is 0 Å². The van der Waals surface area contributed by atoms with Crippen LogP contribution in [0.15, 0.2) is 60.7 Å². The molecule has 0 saturated heterocycles. The van der Waals surface area contributed by atoms with Crippen molar-refractivity contribution in [1.29, 1.82) is 0 Å². The standard InChI is InChI=1S/C17H21N/c1-18(2)17(13-15-9-5-3-6-10-15)14-16-11-7-4-8-12-16/h3-12,17H,13-14H2,1-2H3. The van der Waals surface area contributed by atoms with Crippen molar-refractivity contribution >= 4 is 0 Å². The molecule has 1 heteroatoms. The third-order valence-electron chi connectivity index (χ3n) is 3.36. The van der Waals surface area contributed by atoms with Gasteiger partial charge < -0.3 is 4.90 Å². The van der Waals surface area contributed by atoms with Gasteiger partial charge in [0, 0.05) is 6.04 Å². The summed E-state index contributed by atoms with van der Waals surface area (Å²) in [5.41, 5.74) is 2.82. The third-order valence-corrected chi connectivity index (χ3v) is 3.36. The molecule has 0 N–H and O–H groups in total. The smallest absolute Gasteiger partial charge is 0.0170 e. The summed E-state index contributed by atoms with van der Waals surface area (Å²) in [4.78, 5) is 2.32. The first-order valence-electron chi connectivity index (χ1n) is 6.50. The van der Waals surface area contributed by atoms with E-state index in [0.29, 0.717) is 6.04 Å². The summed E-state index contributed by atoms with van der Waals surface area (Å²) in [6.07, 6.45) is 2.20. The summed E-state index contributed by atoms with van der Waals surface area (Å²) in [7, 11) is 4.33. The SMILES string of the molecule is CN(C)C(Cc1ccccc1)Cc1ccccc1. The molecular weight excluding hydrogens is 218 g/mol. The van der Waals surface area contributed by atoms with Crippen LogP contribution in [0.1, 0.15) is 11.1 Å². The summed E-state index contributed by atoms with van der Waals surface area (Å²) < 4.78 is 0. The van der Waals surface area contributed by atoms with Crippen LogP contribution in [0.2, 0.25) is 0 Å².